The molecule has 136 valence electrons. The summed E-state index contributed by atoms with van der Waals surface area (Å²) in [5.74, 6) is 1.31. The Kier molecular flexibility index (Phi) is 5.57. The molecule has 0 atom stereocenters. The number of nitrogens with one attached hydrogen (secondary N) is 1. The Balaban J connectivity index is 1.77. The molecular weight excluding hydrogens is 354 g/mol. The van der Waals surface area contributed by atoms with Crippen LogP contribution in [0.15, 0.2) is 42.1 Å². The molecule has 1 aromatic carbocycles. The molecule has 1 aliphatic heterocycles. The van der Waals surface area contributed by atoms with Gasteiger partial charge < -0.3 is 10.1 Å². The second-order valence-electron chi connectivity index (χ2n) is 5.50. The molecule has 3 rings (SSSR count). The second kappa shape index (κ2) is 8.05. The number of allylic oxidation sites excluding steroid dienone is 1. The van der Waals surface area contributed by atoms with E-state index in [9.17, 15) is 9.59 Å². The van der Waals surface area contributed by atoms with Crippen LogP contribution < -0.4 is 10.1 Å². The van der Waals surface area contributed by atoms with Crippen molar-refractivity contribution in [3.8, 4) is 17.1 Å². The van der Waals surface area contributed by atoms with Gasteiger partial charge in [-0.3, -0.25) is 14.3 Å². The molecule has 2 aromatic rings. The summed E-state index contributed by atoms with van der Waals surface area (Å²) in [6.45, 7) is 5.17. The summed E-state index contributed by atoms with van der Waals surface area (Å²) in [5, 5.41) is 11.7. The molecule has 8 nitrogen and oxygen atoms in total. The summed E-state index contributed by atoms with van der Waals surface area (Å²) in [7, 11) is 1.61. The van der Waals surface area contributed by atoms with Crippen molar-refractivity contribution in [2.75, 3.05) is 26.0 Å². The first-order valence-electron chi connectivity index (χ1n) is 8.03. The highest BCUT2D eigenvalue weighted by Crippen LogP contribution is 2.26. The van der Waals surface area contributed by atoms with Crippen LogP contribution >= 0.6 is 11.8 Å². The largest absolute Gasteiger partial charge is 0.497 e. The van der Waals surface area contributed by atoms with Crippen LogP contribution in [0.25, 0.3) is 11.4 Å². The molecule has 2 heterocycles. The topological polar surface area (TPSA) is 89.4 Å². The molecule has 0 spiro atoms. The van der Waals surface area contributed by atoms with Crippen molar-refractivity contribution in [3.05, 3.63) is 36.9 Å². The number of imide groups is 1. The van der Waals surface area contributed by atoms with Crippen molar-refractivity contribution in [1.82, 2.24) is 25.0 Å². The number of carbonyl (C=O) groups is 2. The molecule has 1 aromatic heterocycles. The van der Waals surface area contributed by atoms with Gasteiger partial charge in [-0.1, -0.05) is 17.8 Å². The highest BCUT2D eigenvalue weighted by atomic mass is 32.2. The van der Waals surface area contributed by atoms with Crippen molar-refractivity contribution in [2.24, 2.45) is 0 Å². The summed E-state index contributed by atoms with van der Waals surface area (Å²) in [4.78, 5) is 25.0. The van der Waals surface area contributed by atoms with Crippen LogP contribution in [0.1, 0.15) is 0 Å². The zero-order valence-corrected chi connectivity index (χ0v) is 15.2. The van der Waals surface area contributed by atoms with Crippen molar-refractivity contribution in [2.45, 2.75) is 11.7 Å². The number of carbonyl (C=O) groups excluding carboxylic acids is 2. The number of methoxy groups -OCH3 is 1. The number of rotatable bonds is 7. The lowest BCUT2D eigenvalue weighted by Gasteiger charge is -2.12. The molecule has 0 unspecified atom stereocenters. The number of nitrogens with zero attached hydrogens (tertiary/aromatic N) is 4. The molecule has 1 saturated heterocycles. The van der Waals surface area contributed by atoms with Crippen molar-refractivity contribution in [3.63, 3.8) is 0 Å². The molecule has 9 heteroatoms. The summed E-state index contributed by atoms with van der Waals surface area (Å²) in [6.07, 6.45) is 1.75. The van der Waals surface area contributed by atoms with E-state index in [4.69, 9.17) is 4.74 Å². The minimum atomic E-state index is -0.345. The number of hydrogen-bond donors (Lipinski definition) is 1. The fourth-order valence-electron chi connectivity index (χ4n) is 2.56. The molecule has 1 fully saturated rings. The summed E-state index contributed by atoms with van der Waals surface area (Å²) < 4.78 is 7.06. The lowest BCUT2D eigenvalue weighted by atomic mass is 10.2. The maximum atomic E-state index is 12.2. The van der Waals surface area contributed by atoms with Crippen LogP contribution in [0.4, 0.5) is 4.79 Å². The van der Waals surface area contributed by atoms with Gasteiger partial charge in [-0.25, -0.2) is 4.79 Å². The third-order valence-corrected chi connectivity index (χ3v) is 4.81. The fraction of sp³-hybridized carbons (Fsp3) is 0.294. The summed E-state index contributed by atoms with van der Waals surface area (Å²) in [5.41, 5.74) is 0.886. The van der Waals surface area contributed by atoms with Crippen LogP contribution in [0, 0.1) is 0 Å². The van der Waals surface area contributed by atoms with Gasteiger partial charge >= 0.3 is 6.03 Å². The summed E-state index contributed by atoms with van der Waals surface area (Å²) in [6, 6.07) is 7.16. The maximum absolute atomic E-state index is 12.2. The molecule has 0 bridgehead atoms. The van der Waals surface area contributed by atoms with Gasteiger partial charge in [-0.05, 0) is 24.3 Å². The van der Waals surface area contributed by atoms with E-state index >= 15 is 0 Å². The minimum Gasteiger partial charge on any atom is -0.497 e. The van der Waals surface area contributed by atoms with Crippen LogP contribution in [0.2, 0.25) is 0 Å². The standard InChI is InChI=1S/C17H19N5O3S/c1-3-9-22-15(12-4-6-13(25-2)7-5-12)19-20-17(22)26-11-14(23)21-10-8-18-16(21)24/h3-7H,1,8-11H2,2H3,(H,18,24). The highest BCUT2D eigenvalue weighted by molar-refractivity contribution is 7.99. The van der Waals surface area contributed by atoms with E-state index in [0.29, 0.717) is 30.6 Å². The highest BCUT2D eigenvalue weighted by Gasteiger charge is 2.26. The van der Waals surface area contributed by atoms with E-state index in [-0.39, 0.29) is 17.7 Å². The minimum absolute atomic E-state index is 0.116. The van der Waals surface area contributed by atoms with E-state index in [2.05, 4.69) is 22.1 Å². The Morgan fingerprint density at radius 3 is 2.77 bits per heavy atom. The molecular formula is C17H19N5O3S. The fourth-order valence-corrected chi connectivity index (χ4v) is 3.38. The molecule has 1 N–H and O–H groups in total. The smallest absolute Gasteiger partial charge is 0.324 e. The van der Waals surface area contributed by atoms with Gasteiger partial charge in [-0.15, -0.1) is 16.8 Å². The van der Waals surface area contributed by atoms with Gasteiger partial charge in [0.2, 0.25) is 5.91 Å². The van der Waals surface area contributed by atoms with Crippen molar-refractivity contribution in [1.29, 1.82) is 0 Å². The first-order chi connectivity index (χ1) is 12.6. The average molecular weight is 373 g/mol. The van der Waals surface area contributed by atoms with Crippen LogP contribution in [-0.2, 0) is 11.3 Å². The van der Waals surface area contributed by atoms with Gasteiger partial charge in [0.25, 0.3) is 0 Å². The number of benzene rings is 1. The Bertz CT molecular complexity index is 818. The number of urea groups is 1. The van der Waals surface area contributed by atoms with E-state index in [0.717, 1.165) is 11.3 Å². The van der Waals surface area contributed by atoms with E-state index in [1.165, 1.54) is 16.7 Å². The van der Waals surface area contributed by atoms with Crippen LogP contribution in [0.5, 0.6) is 5.75 Å². The van der Waals surface area contributed by atoms with Crippen molar-refractivity contribution >= 4 is 23.7 Å². The Hall–Kier alpha value is -2.81. The molecule has 26 heavy (non-hydrogen) atoms. The SMILES string of the molecule is C=CCn1c(SCC(=O)N2CCNC2=O)nnc1-c1ccc(OC)cc1. The van der Waals surface area contributed by atoms with Gasteiger partial charge in [0.1, 0.15) is 5.75 Å². The van der Waals surface area contributed by atoms with Gasteiger partial charge in [0.15, 0.2) is 11.0 Å². The molecule has 1 aliphatic rings. The second-order valence-corrected chi connectivity index (χ2v) is 6.44. The average Bonchev–Trinajstić information content (AvgIpc) is 3.26. The quantitative estimate of drug-likeness (QED) is 0.588. The zero-order valence-electron chi connectivity index (χ0n) is 14.3. The van der Waals surface area contributed by atoms with Crippen LogP contribution in [-0.4, -0.2) is 57.6 Å². The van der Waals surface area contributed by atoms with E-state index < -0.39 is 0 Å². The number of amides is 3. The monoisotopic (exact) mass is 373 g/mol. The third-order valence-electron chi connectivity index (χ3n) is 3.86. The van der Waals surface area contributed by atoms with Crippen molar-refractivity contribution < 1.29 is 14.3 Å². The van der Waals surface area contributed by atoms with E-state index in [1.807, 2.05) is 28.8 Å². The molecule has 0 saturated carbocycles. The van der Waals surface area contributed by atoms with Gasteiger partial charge in [-0.2, -0.15) is 0 Å². The number of aromatic nitrogens is 3. The third kappa shape index (κ3) is 3.72. The Morgan fingerprint density at radius 2 is 2.15 bits per heavy atom. The number of ether oxygens (including phenoxy) is 1. The number of thioether (sulfide) groups is 1. The lowest BCUT2D eigenvalue weighted by Crippen LogP contribution is -2.35. The summed E-state index contributed by atoms with van der Waals surface area (Å²) >= 11 is 1.25. The van der Waals surface area contributed by atoms with Gasteiger partial charge in [0.05, 0.1) is 12.9 Å². The van der Waals surface area contributed by atoms with Crippen LogP contribution in [0.3, 0.4) is 0 Å². The Morgan fingerprint density at radius 1 is 1.38 bits per heavy atom. The maximum Gasteiger partial charge on any atom is 0.324 e. The zero-order chi connectivity index (χ0) is 18.5. The predicted molar refractivity (Wildman–Crippen MR) is 98.0 cm³/mol. The van der Waals surface area contributed by atoms with E-state index in [1.54, 1.807) is 13.2 Å². The molecule has 0 aliphatic carbocycles. The molecule has 0 radical (unpaired) electrons. The normalized spacial score (nSPS) is 13.6. The lowest BCUT2D eigenvalue weighted by molar-refractivity contribution is -0.124. The predicted octanol–water partition coefficient (Wildman–Crippen LogP) is 1.78. The Labute approximate surface area is 155 Å². The van der Waals surface area contributed by atoms with Gasteiger partial charge in [0, 0.05) is 25.2 Å². The number of hydrogen-bond acceptors (Lipinski definition) is 6. The molecule has 3 amide bonds. The first-order valence-corrected chi connectivity index (χ1v) is 9.02. The first kappa shape index (κ1) is 18.0.